The quantitative estimate of drug-likeness (QED) is 0.317. The summed E-state index contributed by atoms with van der Waals surface area (Å²) in [6, 6.07) is 4.81. The van der Waals surface area contributed by atoms with Crippen molar-refractivity contribution in [1.29, 1.82) is 0 Å². The number of para-hydroxylation sites is 1. The zero-order chi connectivity index (χ0) is 27.7. The van der Waals surface area contributed by atoms with Gasteiger partial charge >= 0.3 is 29.8 Å². The molecular weight excluding hydrogens is 496 g/mol. The first-order chi connectivity index (χ1) is 17.4. The average Bonchev–Trinajstić information content (AvgIpc) is 2.79. The van der Waals surface area contributed by atoms with Gasteiger partial charge in [-0.2, -0.15) is 0 Å². The Morgan fingerprint density at radius 3 is 1.86 bits per heavy atom. The van der Waals surface area contributed by atoms with Crippen LogP contribution in [-0.2, 0) is 59.0 Å². The second kappa shape index (κ2) is 13.4. The third-order valence-corrected chi connectivity index (χ3v) is 4.89. The van der Waals surface area contributed by atoms with Gasteiger partial charge in [-0.25, -0.2) is 0 Å². The Morgan fingerprint density at radius 1 is 0.757 bits per heavy atom. The van der Waals surface area contributed by atoms with Crippen molar-refractivity contribution < 1.29 is 61.9 Å². The maximum atomic E-state index is 12.0. The Labute approximate surface area is 213 Å². The molecule has 13 nitrogen and oxygen atoms in total. The van der Waals surface area contributed by atoms with E-state index in [2.05, 4.69) is 0 Å². The summed E-state index contributed by atoms with van der Waals surface area (Å²) in [7, 11) is 1.38. The lowest BCUT2D eigenvalue weighted by Crippen LogP contribution is -2.63. The van der Waals surface area contributed by atoms with Gasteiger partial charge in [-0.15, -0.1) is 0 Å². The molecule has 13 heteroatoms. The third kappa shape index (κ3) is 8.63. The van der Waals surface area contributed by atoms with Gasteiger partial charge in [0.1, 0.15) is 19.3 Å². The molecule has 0 aliphatic carbocycles. The Balaban J connectivity index is 2.57. The van der Waals surface area contributed by atoms with E-state index in [9.17, 15) is 24.0 Å². The normalized spacial score (nSPS) is 22.7. The van der Waals surface area contributed by atoms with Gasteiger partial charge in [0.2, 0.25) is 12.4 Å². The first kappa shape index (κ1) is 29.4. The highest BCUT2D eigenvalue weighted by atomic mass is 16.7. The first-order valence-corrected chi connectivity index (χ1v) is 11.2. The lowest BCUT2D eigenvalue weighted by molar-refractivity contribution is -0.288. The Kier molecular flexibility index (Phi) is 10.7. The van der Waals surface area contributed by atoms with Gasteiger partial charge in [0.25, 0.3) is 0 Å². The van der Waals surface area contributed by atoms with Crippen molar-refractivity contribution in [2.75, 3.05) is 13.7 Å². The molecule has 1 saturated heterocycles. The molecule has 0 bridgehead atoms. The van der Waals surface area contributed by atoms with E-state index in [-0.39, 0.29) is 18.1 Å². The molecule has 0 aromatic heterocycles. The Hall–Kier alpha value is -3.87. The summed E-state index contributed by atoms with van der Waals surface area (Å²) in [6.07, 6.45) is -6.85. The zero-order valence-electron chi connectivity index (χ0n) is 21.3. The van der Waals surface area contributed by atoms with Crippen LogP contribution in [0.3, 0.4) is 0 Å². The van der Waals surface area contributed by atoms with Crippen molar-refractivity contribution in [2.24, 2.45) is 0 Å². The Bertz CT molecular complexity index is 1000. The predicted octanol–water partition coefficient (Wildman–Crippen LogP) is 1.22. The van der Waals surface area contributed by atoms with E-state index in [1.165, 1.54) is 21.0 Å². The average molecular weight is 526 g/mol. The molecule has 1 heterocycles. The van der Waals surface area contributed by atoms with Crippen LogP contribution in [-0.4, -0.2) is 74.3 Å². The fraction of sp³-hybridized carbons (Fsp3) is 0.542. The van der Waals surface area contributed by atoms with E-state index < -0.39 is 67.2 Å². The molecule has 0 spiro atoms. The molecule has 1 aromatic rings. The molecule has 1 fully saturated rings. The van der Waals surface area contributed by atoms with Crippen LogP contribution >= 0.6 is 0 Å². The number of hydrogen-bond acceptors (Lipinski definition) is 13. The van der Waals surface area contributed by atoms with Crippen LogP contribution in [0.25, 0.3) is 0 Å². The molecule has 37 heavy (non-hydrogen) atoms. The number of benzene rings is 1. The van der Waals surface area contributed by atoms with Gasteiger partial charge in [-0.1, -0.05) is 12.1 Å². The van der Waals surface area contributed by atoms with Crippen molar-refractivity contribution in [1.82, 2.24) is 0 Å². The Morgan fingerprint density at radius 2 is 1.32 bits per heavy atom. The topological polar surface area (TPSA) is 159 Å². The molecule has 0 radical (unpaired) electrons. The van der Waals surface area contributed by atoms with E-state index in [4.69, 9.17) is 37.9 Å². The van der Waals surface area contributed by atoms with Crippen molar-refractivity contribution in [3.63, 3.8) is 0 Å². The summed E-state index contributed by atoms with van der Waals surface area (Å²) in [6.45, 7) is 5.14. The summed E-state index contributed by atoms with van der Waals surface area (Å²) in [5.41, 5.74) is 0.377. The summed E-state index contributed by atoms with van der Waals surface area (Å²) < 4.78 is 43.6. The van der Waals surface area contributed by atoms with Crippen LogP contribution in [0, 0.1) is 0 Å². The monoisotopic (exact) mass is 526 g/mol. The van der Waals surface area contributed by atoms with E-state index in [0.717, 1.165) is 20.8 Å². The van der Waals surface area contributed by atoms with Gasteiger partial charge in [0, 0.05) is 40.2 Å². The standard InChI is InChI=1S/C24H30O13/c1-12(25)31-10-17-8-7-9-18(30-6)20(17)37-24-23(35-16(5)29)22(34-15(4)28)21(33-14(3)27)19(36-24)11-32-13(2)26/h7-9,19,21-24H,10-11H2,1-6H3/t19-,21-,22+,23-,24+/m1/s1. The van der Waals surface area contributed by atoms with Crippen LogP contribution in [0.2, 0.25) is 0 Å². The maximum Gasteiger partial charge on any atom is 0.303 e. The van der Waals surface area contributed by atoms with Crippen LogP contribution < -0.4 is 9.47 Å². The first-order valence-electron chi connectivity index (χ1n) is 11.2. The highest BCUT2D eigenvalue weighted by molar-refractivity contribution is 5.69. The molecule has 2 rings (SSSR count). The molecule has 0 saturated carbocycles. The van der Waals surface area contributed by atoms with Crippen molar-refractivity contribution >= 4 is 29.8 Å². The van der Waals surface area contributed by atoms with Crippen molar-refractivity contribution in [3.05, 3.63) is 23.8 Å². The molecule has 1 aliphatic rings. The minimum Gasteiger partial charge on any atom is -0.493 e. The fourth-order valence-electron chi connectivity index (χ4n) is 3.55. The molecule has 0 amide bonds. The molecule has 0 N–H and O–H groups in total. The van der Waals surface area contributed by atoms with Gasteiger partial charge in [0.05, 0.1) is 7.11 Å². The van der Waals surface area contributed by atoms with E-state index in [1.54, 1.807) is 18.2 Å². The number of carbonyl (C=O) groups excluding carboxylic acids is 5. The van der Waals surface area contributed by atoms with Gasteiger partial charge in [-0.05, 0) is 6.07 Å². The number of hydrogen-bond donors (Lipinski definition) is 0. The third-order valence-electron chi connectivity index (χ3n) is 4.89. The second-order valence-electron chi connectivity index (χ2n) is 7.91. The molecular formula is C24H30O13. The zero-order valence-corrected chi connectivity index (χ0v) is 21.3. The lowest BCUT2D eigenvalue weighted by Gasteiger charge is -2.44. The van der Waals surface area contributed by atoms with Crippen LogP contribution in [0.4, 0.5) is 0 Å². The molecule has 0 unspecified atom stereocenters. The van der Waals surface area contributed by atoms with Crippen LogP contribution in [0.1, 0.15) is 40.2 Å². The van der Waals surface area contributed by atoms with Crippen molar-refractivity contribution in [2.45, 2.75) is 71.9 Å². The van der Waals surface area contributed by atoms with Crippen molar-refractivity contribution in [3.8, 4) is 11.5 Å². The number of ether oxygens (including phenoxy) is 8. The number of carbonyl (C=O) groups is 5. The smallest absolute Gasteiger partial charge is 0.303 e. The summed E-state index contributed by atoms with van der Waals surface area (Å²) in [5, 5.41) is 0. The van der Waals surface area contributed by atoms with E-state index in [1.807, 2.05) is 0 Å². The molecule has 1 aliphatic heterocycles. The summed E-state index contributed by atoms with van der Waals surface area (Å²) in [4.78, 5) is 58.7. The minimum absolute atomic E-state index is 0.0761. The lowest BCUT2D eigenvalue weighted by atomic mass is 9.98. The van der Waals surface area contributed by atoms with E-state index in [0.29, 0.717) is 5.56 Å². The summed E-state index contributed by atoms with van der Waals surface area (Å²) in [5.74, 6) is -3.21. The fourth-order valence-corrected chi connectivity index (χ4v) is 3.55. The van der Waals surface area contributed by atoms with Gasteiger partial charge in [0.15, 0.2) is 23.7 Å². The largest absolute Gasteiger partial charge is 0.493 e. The predicted molar refractivity (Wildman–Crippen MR) is 121 cm³/mol. The van der Waals surface area contributed by atoms with Crippen LogP contribution in [0.15, 0.2) is 18.2 Å². The molecule has 5 atom stereocenters. The van der Waals surface area contributed by atoms with Crippen LogP contribution in [0.5, 0.6) is 11.5 Å². The maximum absolute atomic E-state index is 12.0. The summed E-state index contributed by atoms with van der Waals surface area (Å²) >= 11 is 0. The minimum atomic E-state index is -1.48. The highest BCUT2D eigenvalue weighted by Gasteiger charge is 2.53. The second-order valence-corrected chi connectivity index (χ2v) is 7.91. The van der Waals surface area contributed by atoms with Gasteiger partial charge < -0.3 is 37.9 Å². The van der Waals surface area contributed by atoms with E-state index >= 15 is 0 Å². The highest BCUT2D eigenvalue weighted by Crippen LogP contribution is 2.37. The molecule has 1 aromatic carbocycles. The SMILES string of the molecule is COc1cccc(COC(C)=O)c1O[C@@H]1O[C@H](COC(C)=O)[C@@H](OC(C)=O)[C@H](OC(C)=O)[C@H]1OC(C)=O. The number of esters is 5. The molecule has 204 valence electrons. The number of rotatable bonds is 10. The van der Waals surface area contributed by atoms with Gasteiger partial charge in [-0.3, -0.25) is 24.0 Å². The number of methoxy groups -OCH3 is 1.